The fraction of sp³-hybridized carbons (Fsp3) is 0.300. The Balaban J connectivity index is 3.01. The molecule has 1 nitrogen and oxygen atoms in total. The zero-order valence-corrected chi connectivity index (χ0v) is 8.73. The lowest BCUT2D eigenvalue weighted by atomic mass is 10.0. The first kappa shape index (κ1) is 12.1. The van der Waals surface area contributed by atoms with Gasteiger partial charge in [-0.25, -0.2) is 0 Å². The van der Waals surface area contributed by atoms with Gasteiger partial charge in [0, 0.05) is 0 Å². The normalized spacial score (nSPS) is 15.7. The molecule has 0 saturated carbocycles. The molecular formula is C10H9F3OS. The first-order valence-electron chi connectivity index (χ1n) is 4.16. The highest BCUT2D eigenvalue weighted by atomic mass is 32.2. The number of rotatable bonds is 3. The number of carbonyl (C=O) groups is 1. The van der Waals surface area contributed by atoms with Crippen LogP contribution in [-0.2, 0) is 9.54 Å². The summed E-state index contributed by atoms with van der Waals surface area (Å²) in [5.41, 5.74) is -4.08. The SMILES string of the molecule is CC(C=O)(SC(F)(F)F)c1ccccc1. The van der Waals surface area contributed by atoms with Gasteiger partial charge in [-0.05, 0) is 24.2 Å². The van der Waals surface area contributed by atoms with E-state index in [1.807, 2.05) is 0 Å². The van der Waals surface area contributed by atoms with Crippen molar-refractivity contribution in [2.24, 2.45) is 0 Å². The largest absolute Gasteiger partial charge is 0.443 e. The van der Waals surface area contributed by atoms with Crippen LogP contribution in [0, 0.1) is 0 Å². The van der Waals surface area contributed by atoms with Crippen LogP contribution in [0.2, 0.25) is 0 Å². The monoisotopic (exact) mass is 234 g/mol. The van der Waals surface area contributed by atoms with Gasteiger partial charge in [0.15, 0.2) is 0 Å². The third kappa shape index (κ3) is 3.27. The molecule has 0 radical (unpaired) electrons. The van der Waals surface area contributed by atoms with Crippen LogP contribution >= 0.6 is 11.8 Å². The Morgan fingerprint density at radius 3 is 2.13 bits per heavy atom. The first-order chi connectivity index (χ1) is 6.87. The average Bonchev–Trinajstić information content (AvgIpc) is 2.16. The number of hydrogen-bond donors (Lipinski definition) is 0. The van der Waals surface area contributed by atoms with Crippen LogP contribution < -0.4 is 0 Å². The molecule has 5 heteroatoms. The van der Waals surface area contributed by atoms with E-state index in [2.05, 4.69) is 0 Å². The van der Waals surface area contributed by atoms with E-state index < -0.39 is 10.3 Å². The van der Waals surface area contributed by atoms with E-state index in [9.17, 15) is 18.0 Å². The van der Waals surface area contributed by atoms with E-state index in [4.69, 9.17) is 0 Å². The minimum Gasteiger partial charge on any atom is -0.301 e. The van der Waals surface area contributed by atoms with Crippen LogP contribution in [0.15, 0.2) is 30.3 Å². The molecule has 0 aliphatic heterocycles. The van der Waals surface area contributed by atoms with Gasteiger partial charge in [-0.3, -0.25) is 0 Å². The third-order valence-electron chi connectivity index (χ3n) is 1.90. The fourth-order valence-electron chi connectivity index (χ4n) is 1.16. The van der Waals surface area contributed by atoms with Crippen molar-refractivity contribution in [3.05, 3.63) is 35.9 Å². The van der Waals surface area contributed by atoms with Crippen molar-refractivity contribution in [2.75, 3.05) is 0 Å². The molecule has 0 heterocycles. The van der Waals surface area contributed by atoms with Crippen molar-refractivity contribution in [3.63, 3.8) is 0 Å². The van der Waals surface area contributed by atoms with E-state index in [0.29, 0.717) is 11.8 Å². The van der Waals surface area contributed by atoms with Crippen molar-refractivity contribution in [3.8, 4) is 0 Å². The fourth-order valence-corrected chi connectivity index (χ4v) is 1.94. The second-order valence-corrected chi connectivity index (χ2v) is 4.65. The van der Waals surface area contributed by atoms with Crippen LogP contribution in [0.4, 0.5) is 13.2 Å². The first-order valence-corrected chi connectivity index (χ1v) is 4.98. The zero-order chi connectivity index (χ0) is 11.5. The Hall–Kier alpha value is -0.970. The minimum atomic E-state index is -4.43. The molecule has 0 aliphatic carbocycles. The Morgan fingerprint density at radius 1 is 1.20 bits per heavy atom. The molecule has 0 saturated heterocycles. The van der Waals surface area contributed by atoms with Crippen LogP contribution in [0.25, 0.3) is 0 Å². The van der Waals surface area contributed by atoms with Gasteiger partial charge in [0.05, 0.1) is 0 Å². The molecule has 1 unspecified atom stereocenters. The Labute approximate surface area is 89.7 Å². The summed E-state index contributed by atoms with van der Waals surface area (Å²) in [7, 11) is 0. The predicted octanol–water partition coefficient (Wildman–Crippen LogP) is 3.35. The second kappa shape index (κ2) is 4.26. The number of alkyl halides is 3. The van der Waals surface area contributed by atoms with E-state index >= 15 is 0 Å². The van der Waals surface area contributed by atoms with Gasteiger partial charge < -0.3 is 4.79 Å². The number of carbonyl (C=O) groups excluding carboxylic acids is 1. The maximum absolute atomic E-state index is 12.2. The summed E-state index contributed by atoms with van der Waals surface area (Å²) < 4.78 is 35.1. The lowest BCUT2D eigenvalue weighted by molar-refractivity contribution is -0.110. The smallest absolute Gasteiger partial charge is 0.301 e. The van der Waals surface area contributed by atoms with E-state index in [1.165, 1.54) is 19.1 Å². The molecule has 0 spiro atoms. The van der Waals surface area contributed by atoms with Gasteiger partial charge in [-0.1, -0.05) is 30.3 Å². The summed E-state index contributed by atoms with van der Waals surface area (Å²) in [5, 5.41) is 0. The molecule has 0 fully saturated rings. The van der Waals surface area contributed by atoms with Crippen LogP contribution in [-0.4, -0.2) is 11.8 Å². The maximum Gasteiger partial charge on any atom is 0.443 e. The number of halogens is 3. The van der Waals surface area contributed by atoms with E-state index in [1.54, 1.807) is 18.2 Å². The standard InChI is InChI=1S/C10H9F3OS/c1-9(7-14,15-10(11,12)13)8-5-3-2-4-6-8/h2-7H,1H3. The van der Waals surface area contributed by atoms with Crippen molar-refractivity contribution in [1.82, 2.24) is 0 Å². The molecule has 1 atom stereocenters. The molecular weight excluding hydrogens is 225 g/mol. The van der Waals surface area contributed by atoms with Crippen LogP contribution in [0.1, 0.15) is 12.5 Å². The summed E-state index contributed by atoms with van der Waals surface area (Å²) in [5.74, 6) is 0. The Bertz CT molecular complexity index is 336. The maximum atomic E-state index is 12.2. The highest BCUT2D eigenvalue weighted by Gasteiger charge is 2.41. The summed E-state index contributed by atoms with van der Waals surface area (Å²) in [6.45, 7) is 1.26. The number of benzene rings is 1. The van der Waals surface area contributed by atoms with Crippen molar-refractivity contribution >= 4 is 18.0 Å². The molecule has 0 aromatic heterocycles. The van der Waals surface area contributed by atoms with Crippen LogP contribution in [0.5, 0.6) is 0 Å². The lowest BCUT2D eigenvalue weighted by Crippen LogP contribution is -2.24. The average molecular weight is 234 g/mol. The van der Waals surface area contributed by atoms with E-state index in [-0.39, 0.29) is 11.8 Å². The molecule has 0 bridgehead atoms. The van der Waals surface area contributed by atoms with Gasteiger partial charge in [-0.15, -0.1) is 0 Å². The second-order valence-electron chi connectivity index (χ2n) is 3.14. The highest BCUT2D eigenvalue weighted by Crippen LogP contribution is 2.45. The van der Waals surface area contributed by atoms with Crippen LogP contribution in [0.3, 0.4) is 0 Å². The third-order valence-corrected chi connectivity index (χ3v) is 2.89. The molecule has 0 aliphatic rings. The minimum absolute atomic E-state index is 0.311. The Morgan fingerprint density at radius 2 is 1.73 bits per heavy atom. The molecule has 0 amide bonds. The van der Waals surface area contributed by atoms with Gasteiger partial charge in [0.2, 0.25) is 0 Å². The van der Waals surface area contributed by atoms with Gasteiger partial charge >= 0.3 is 5.51 Å². The molecule has 1 aromatic rings. The molecule has 1 rings (SSSR count). The highest BCUT2D eigenvalue weighted by molar-refractivity contribution is 8.01. The topological polar surface area (TPSA) is 17.1 Å². The predicted molar refractivity (Wildman–Crippen MR) is 53.5 cm³/mol. The van der Waals surface area contributed by atoms with Crippen molar-refractivity contribution in [2.45, 2.75) is 17.2 Å². The summed E-state index contributed by atoms with van der Waals surface area (Å²) in [6.07, 6.45) is 0.320. The summed E-state index contributed by atoms with van der Waals surface area (Å²) in [4.78, 5) is 10.8. The quantitative estimate of drug-likeness (QED) is 0.746. The summed E-state index contributed by atoms with van der Waals surface area (Å²) in [6, 6.07) is 7.91. The van der Waals surface area contributed by atoms with Gasteiger partial charge in [-0.2, -0.15) is 13.2 Å². The lowest BCUT2D eigenvalue weighted by Gasteiger charge is -2.23. The molecule has 82 valence electrons. The van der Waals surface area contributed by atoms with E-state index in [0.717, 1.165) is 0 Å². The van der Waals surface area contributed by atoms with Crippen molar-refractivity contribution in [1.29, 1.82) is 0 Å². The molecule has 0 N–H and O–H groups in total. The van der Waals surface area contributed by atoms with Gasteiger partial charge in [0.25, 0.3) is 0 Å². The molecule has 1 aromatic carbocycles. The number of aldehydes is 1. The van der Waals surface area contributed by atoms with Crippen molar-refractivity contribution < 1.29 is 18.0 Å². The van der Waals surface area contributed by atoms with Gasteiger partial charge in [0.1, 0.15) is 11.0 Å². The molecule has 15 heavy (non-hydrogen) atoms. The number of thioether (sulfide) groups is 1. The zero-order valence-electron chi connectivity index (χ0n) is 7.91. The number of hydrogen-bond acceptors (Lipinski definition) is 2. The summed E-state index contributed by atoms with van der Waals surface area (Å²) >= 11 is -0.311. The Kier molecular flexibility index (Phi) is 3.44.